The van der Waals surface area contributed by atoms with E-state index in [2.05, 4.69) is 18.4 Å². The maximum atomic E-state index is 15.6. The molecule has 0 saturated carbocycles. The summed E-state index contributed by atoms with van der Waals surface area (Å²) in [5.74, 6) is -2.46. The molecule has 2 aromatic carbocycles. The summed E-state index contributed by atoms with van der Waals surface area (Å²) in [6.45, 7) is 9.33. The number of halogens is 3. The van der Waals surface area contributed by atoms with Gasteiger partial charge in [-0.15, -0.1) is 0 Å². The molecule has 0 bridgehead atoms. The van der Waals surface area contributed by atoms with Crippen molar-refractivity contribution in [1.29, 1.82) is 0 Å². The molecule has 180 valence electrons. The highest BCUT2D eigenvalue weighted by molar-refractivity contribution is 7.81. The van der Waals surface area contributed by atoms with Crippen LogP contribution in [0.4, 0.5) is 18.9 Å². The van der Waals surface area contributed by atoms with E-state index in [-0.39, 0.29) is 35.4 Å². The number of fused-ring (bicyclic) bond motifs is 1. The predicted octanol–water partition coefficient (Wildman–Crippen LogP) is 4.71. The molecule has 2 N–H and O–H groups in total. The summed E-state index contributed by atoms with van der Waals surface area (Å²) in [6, 6.07) is 4.76. The monoisotopic (exact) mass is 482 g/mol. The predicted molar refractivity (Wildman–Crippen MR) is 125 cm³/mol. The first-order chi connectivity index (χ1) is 15.3. The number of primary amides is 1. The molecule has 33 heavy (non-hydrogen) atoms. The third-order valence-corrected chi connectivity index (χ3v) is 5.70. The van der Waals surface area contributed by atoms with Gasteiger partial charge in [0.1, 0.15) is 23.0 Å². The molecule has 0 saturated heterocycles. The first-order valence-electron chi connectivity index (χ1n) is 10.4. The second-order valence-electron chi connectivity index (χ2n) is 9.18. The Kier molecular flexibility index (Phi) is 8.46. The molecule has 1 aliphatic rings. The van der Waals surface area contributed by atoms with Crippen molar-refractivity contribution in [2.75, 3.05) is 4.90 Å². The largest absolute Gasteiger partial charge is 0.484 e. The topological polar surface area (TPSA) is 72.6 Å². The van der Waals surface area contributed by atoms with Gasteiger partial charge in [0.2, 0.25) is 12.3 Å². The van der Waals surface area contributed by atoms with E-state index < -0.39 is 34.7 Å². The number of amides is 2. The highest BCUT2D eigenvalue weighted by Crippen LogP contribution is 2.41. The van der Waals surface area contributed by atoms with Gasteiger partial charge in [-0.2, -0.15) is 12.6 Å². The van der Waals surface area contributed by atoms with E-state index >= 15 is 4.39 Å². The van der Waals surface area contributed by atoms with E-state index in [0.29, 0.717) is 17.5 Å². The Morgan fingerprint density at radius 3 is 2.21 bits per heavy atom. The van der Waals surface area contributed by atoms with E-state index in [0.717, 1.165) is 18.2 Å². The van der Waals surface area contributed by atoms with Crippen LogP contribution in [0.5, 0.6) is 5.75 Å². The number of thiol groups is 1. The van der Waals surface area contributed by atoms with Crippen molar-refractivity contribution in [2.45, 2.75) is 58.9 Å². The van der Waals surface area contributed by atoms with Gasteiger partial charge in [0.25, 0.3) is 0 Å². The van der Waals surface area contributed by atoms with Crippen molar-refractivity contribution in [3.63, 3.8) is 0 Å². The maximum Gasteiger partial charge on any atom is 0.244 e. The number of benzene rings is 2. The van der Waals surface area contributed by atoms with Crippen molar-refractivity contribution >= 4 is 30.6 Å². The quantitative estimate of drug-likeness (QED) is 0.491. The summed E-state index contributed by atoms with van der Waals surface area (Å²) < 4.78 is 48.8. The normalized spacial score (nSPS) is 18.0. The van der Waals surface area contributed by atoms with Crippen molar-refractivity contribution in [1.82, 2.24) is 0 Å². The molecule has 0 spiro atoms. The van der Waals surface area contributed by atoms with Crippen molar-refractivity contribution in [3.8, 4) is 5.75 Å². The van der Waals surface area contributed by atoms with Crippen LogP contribution in [-0.4, -0.2) is 23.7 Å². The number of carbonyl (C=O) groups excluding carboxylic acids is 2. The standard InChI is InChI=1S/C23H26F3NO2S.CH3NO/c1-12-6-18-20(19(26)17(12)10-23(3,4)5)29-13(2)21(30)22(28)27(18)11-14-7-15(24)9-16(25)8-14;2-1-3/h6-9,13,21,30H,10-11H2,1-5H3;1H,(H2,2,3). The molecule has 3 rings (SSSR count). The lowest BCUT2D eigenvalue weighted by atomic mass is 9.86. The number of nitrogens with zero attached hydrogens (tertiary/aromatic N) is 1. The number of aryl methyl sites for hydroxylation is 1. The zero-order chi connectivity index (χ0) is 25.1. The van der Waals surface area contributed by atoms with E-state index in [1.54, 1.807) is 19.9 Å². The van der Waals surface area contributed by atoms with Crippen LogP contribution in [0.15, 0.2) is 24.3 Å². The SMILES string of the molecule is Cc1cc2c(c(F)c1CC(C)(C)C)OC(C)C(S)C(=O)N2Cc1cc(F)cc(F)c1.NC=O. The Hall–Kier alpha value is -2.68. The van der Waals surface area contributed by atoms with E-state index in [4.69, 9.17) is 9.53 Å². The molecule has 0 aromatic heterocycles. The summed E-state index contributed by atoms with van der Waals surface area (Å²) in [7, 11) is 0. The number of rotatable bonds is 3. The Labute approximate surface area is 197 Å². The zero-order valence-electron chi connectivity index (χ0n) is 19.3. The van der Waals surface area contributed by atoms with Crippen molar-refractivity contribution in [3.05, 3.63) is 58.4 Å². The first kappa shape index (κ1) is 26.6. The van der Waals surface area contributed by atoms with Gasteiger partial charge in [0.05, 0.1) is 12.2 Å². The van der Waals surface area contributed by atoms with Gasteiger partial charge >= 0.3 is 0 Å². The molecule has 5 nitrogen and oxygen atoms in total. The highest BCUT2D eigenvalue weighted by Gasteiger charge is 2.37. The minimum absolute atomic E-state index is 0.0332. The number of nitrogens with two attached hydrogens (primary N) is 1. The van der Waals surface area contributed by atoms with Gasteiger partial charge in [-0.05, 0) is 60.6 Å². The van der Waals surface area contributed by atoms with E-state index in [9.17, 15) is 13.6 Å². The average molecular weight is 483 g/mol. The van der Waals surface area contributed by atoms with E-state index in [1.165, 1.54) is 4.90 Å². The van der Waals surface area contributed by atoms with Gasteiger partial charge in [0.15, 0.2) is 11.6 Å². The molecular formula is C24H29F3N2O3S. The molecule has 0 fully saturated rings. The van der Waals surface area contributed by atoms with Crippen LogP contribution in [0.1, 0.15) is 44.4 Å². The number of hydrogen-bond acceptors (Lipinski definition) is 4. The first-order valence-corrected chi connectivity index (χ1v) is 10.9. The average Bonchev–Trinajstić information content (AvgIpc) is 2.76. The van der Waals surface area contributed by atoms with Crippen LogP contribution in [0.3, 0.4) is 0 Å². The Balaban J connectivity index is 0.00000122. The van der Waals surface area contributed by atoms with Crippen LogP contribution >= 0.6 is 12.6 Å². The summed E-state index contributed by atoms with van der Waals surface area (Å²) >= 11 is 4.36. The molecule has 1 aliphatic heterocycles. The van der Waals surface area contributed by atoms with Crippen LogP contribution in [0, 0.1) is 29.8 Å². The van der Waals surface area contributed by atoms with Crippen LogP contribution in [0.2, 0.25) is 0 Å². The van der Waals surface area contributed by atoms with Crippen LogP contribution in [0.25, 0.3) is 0 Å². The second kappa shape index (κ2) is 10.5. The number of ether oxygens (including phenoxy) is 1. The van der Waals surface area contributed by atoms with Gasteiger partial charge in [-0.1, -0.05) is 20.8 Å². The number of carbonyl (C=O) groups is 2. The lowest BCUT2D eigenvalue weighted by molar-refractivity contribution is -0.119. The Bertz CT molecular complexity index is 1020. The maximum absolute atomic E-state index is 15.6. The molecular weight excluding hydrogens is 453 g/mol. The molecule has 2 unspecified atom stereocenters. The third kappa shape index (κ3) is 6.43. The van der Waals surface area contributed by atoms with Crippen LogP contribution in [-0.2, 0) is 22.6 Å². The summed E-state index contributed by atoms with van der Waals surface area (Å²) in [5.41, 5.74) is 5.70. The van der Waals surface area contributed by atoms with Gasteiger partial charge in [-0.3, -0.25) is 9.59 Å². The molecule has 0 aliphatic carbocycles. The molecule has 1 heterocycles. The Morgan fingerprint density at radius 1 is 1.15 bits per heavy atom. The molecule has 2 amide bonds. The number of hydrogen-bond donors (Lipinski definition) is 2. The summed E-state index contributed by atoms with van der Waals surface area (Å²) in [4.78, 5) is 23.0. The van der Waals surface area contributed by atoms with Crippen molar-refractivity contribution < 1.29 is 27.5 Å². The van der Waals surface area contributed by atoms with Crippen molar-refractivity contribution in [2.24, 2.45) is 11.1 Å². The molecule has 2 atom stereocenters. The molecule has 2 aromatic rings. The minimum atomic E-state index is -0.860. The lowest BCUT2D eigenvalue weighted by Crippen LogP contribution is -2.40. The van der Waals surface area contributed by atoms with Gasteiger partial charge in [-0.25, -0.2) is 13.2 Å². The third-order valence-electron chi connectivity index (χ3n) is 5.05. The second-order valence-corrected chi connectivity index (χ2v) is 9.73. The fraction of sp³-hybridized carbons (Fsp3) is 0.417. The summed E-state index contributed by atoms with van der Waals surface area (Å²) in [5, 5.41) is -0.860. The zero-order valence-corrected chi connectivity index (χ0v) is 20.2. The van der Waals surface area contributed by atoms with Gasteiger partial charge < -0.3 is 15.4 Å². The minimum Gasteiger partial charge on any atom is -0.484 e. The van der Waals surface area contributed by atoms with E-state index in [1.807, 2.05) is 20.8 Å². The molecule has 0 radical (unpaired) electrons. The molecule has 9 heteroatoms. The Morgan fingerprint density at radius 2 is 1.70 bits per heavy atom. The highest BCUT2D eigenvalue weighted by atomic mass is 32.1. The van der Waals surface area contributed by atoms with Crippen LogP contribution < -0.4 is 15.4 Å². The smallest absolute Gasteiger partial charge is 0.244 e. The fourth-order valence-electron chi connectivity index (χ4n) is 3.62. The summed E-state index contributed by atoms with van der Waals surface area (Å²) in [6.07, 6.45) is 0.0526. The lowest BCUT2D eigenvalue weighted by Gasteiger charge is -2.26. The number of anilines is 1. The van der Waals surface area contributed by atoms with Gasteiger partial charge in [0, 0.05) is 6.07 Å². The fourth-order valence-corrected chi connectivity index (χ4v) is 3.82.